The fraction of sp³-hybridized carbons (Fsp3) is 0.167. The monoisotopic (exact) mass is 375 g/mol. The number of benzene rings is 2. The molecule has 2 aromatic carbocycles. The number of rotatable bonds is 5. The first-order valence-electron chi connectivity index (χ1n) is 7.59. The molecular weight excluding hydrogens is 358 g/mol. The topological polar surface area (TPSA) is 83.8 Å². The van der Waals surface area contributed by atoms with Crippen LogP contribution in [0.4, 0.5) is 0 Å². The number of pyridine rings is 1. The number of nitrogens with zero attached hydrogens (tertiary/aromatic N) is 1. The molecule has 0 bridgehead atoms. The highest BCUT2D eigenvalue weighted by Gasteiger charge is 2.16. The van der Waals surface area contributed by atoms with Crippen LogP contribution >= 0.6 is 0 Å². The van der Waals surface area contributed by atoms with Crippen molar-refractivity contribution in [3.05, 3.63) is 59.0 Å². The van der Waals surface area contributed by atoms with Gasteiger partial charge in [-0.25, -0.2) is 0 Å². The van der Waals surface area contributed by atoms with E-state index < -0.39 is 15.7 Å². The third-order valence-electron chi connectivity index (χ3n) is 3.77. The van der Waals surface area contributed by atoms with Crippen LogP contribution in [0.5, 0.6) is 17.2 Å². The van der Waals surface area contributed by atoms with Crippen molar-refractivity contribution in [3.63, 3.8) is 0 Å². The molecule has 1 heterocycles. The van der Waals surface area contributed by atoms with Crippen molar-refractivity contribution in [2.24, 2.45) is 0 Å². The Labute approximate surface area is 150 Å². The molecule has 0 saturated carbocycles. The minimum absolute atomic E-state index is 0.0743. The Morgan fingerprint density at radius 1 is 0.923 bits per heavy atom. The van der Waals surface area contributed by atoms with Crippen molar-refractivity contribution in [1.82, 2.24) is 4.57 Å². The Bertz CT molecular complexity index is 1120. The molecule has 0 saturated heterocycles. The maximum Gasteiger partial charge on any atom is 0.306 e. The Morgan fingerprint density at radius 3 is 2.15 bits per heavy atom. The van der Waals surface area contributed by atoms with E-state index >= 15 is 0 Å². The lowest BCUT2D eigenvalue weighted by molar-refractivity contribution is 0.412. The van der Waals surface area contributed by atoms with Gasteiger partial charge >= 0.3 is 10.1 Å². The van der Waals surface area contributed by atoms with Crippen LogP contribution in [-0.4, -0.2) is 33.5 Å². The first-order chi connectivity index (χ1) is 12.3. The maximum absolute atomic E-state index is 13.0. The van der Waals surface area contributed by atoms with Crippen LogP contribution in [0.3, 0.4) is 0 Å². The van der Waals surface area contributed by atoms with Crippen LogP contribution < -0.4 is 19.2 Å². The second kappa shape index (κ2) is 6.72. The quantitative estimate of drug-likeness (QED) is 0.637. The first kappa shape index (κ1) is 17.8. The normalized spacial score (nSPS) is 11.3. The summed E-state index contributed by atoms with van der Waals surface area (Å²) < 4.78 is 39.9. The van der Waals surface area contributed by atoms with E-state index in [2.05, 4.69) is 0 Å². The number of methoxy groups -OCH3 is 2. The molecule has 0 unspecified atom stereocenters. The van der Waals surface area contributed by atoms with Gasteiger partial charge in [-0.2, -0.15) is 8.42 Å². The molecule has 0 N–H and O–H groups in total. The van der Waals surface area contributed by atoms with Gasteiger partial charge in [-0.1, -0.05) is 0 Å². The zero-order valence-electron chi connectivity index (χ0n) is 14.4. The summed E-state index contributed by atoms with van der Waals surface area (Å²) in [6, 6.07) is 11.6. The van der Waals surface area contributed by atoms with Gasteiger partial charge in [0.25, 0.3) is 5.56 Å². The summed E-state index contributed by atoms with van der Waals surface area (Å²) in [5.41, 5.74) is 0.202. The van der Waals surface area contributed by atoms with Gasteiger partial charge in [0.05, 0.1) is 25.9 Å². The molecule has 0 radical (unpaired) electrons. The number of fused-ring (bicyclic) bond motifs is 1. The Morgan fingerprint density at radius 2 is 1.58 bits per heavy atom. The Hall–Kier alpha value is -3.00. The van der Waals surface area contributed by atoms with Crippen LogP contribution in [0, 0.1) is 0 Å². The van der Waals surface area contributed by atoms with Gasteiger partial charge in [0.1, 0.15) is 11.5 Å². The summed E-state index contributed by atoms with van der Waals surface area (Å²) in [5.74, 6) is 0.973. The van der Waals surface area contributed by atoms with Crippen LogP contribution in [0.15, 0.2) is 53.5 Å². The standard InChI is InChI=1S/C18H17NO6S/c1-23-14-6-4-13(5-7-14)19-9-8-12-10-15(24-2)11-16(17(12)18(19)20)25-26(3,21)22/h4-11H,1-3H3. The molecule has 136 valence electrons. The molecule has 0 aliphatic heterocycles. The third kappa shape index (κ3) is 3.50. The number of hydrogen-bond acceptors (Lipinski definition) is 6. The molecule has 8 heteroatoms. The molecule has 3 aromatic rings. The SMILES string of the molecule is COc1ccc(-n2ccc3cc(OC)cc(OS(C)(=O)=O)c3c2=O)cc1. The van der Waals surface area contributed by atoms with Crippen molar-refractivity contribution >= 4 is 20.9 Å². The molecule has 3 rings (SSSR count). The van der Waals surface area contributed by atoms with E-state index in [1.54, 1.807) is 49.7 Å². The molecule has 0 amide bonds. The predicted molar refractivity (Wildman–Crippen MR) is 98.1 cm³/mol. The highest BCUT2D eigenvalue weighted by Crippen LogP contribution is 2.30. The summed E-state index contributed by atoms with van der Waals surface area (Å²) in [6.45, 7) is 0. The average molecular weight is 375 g/mol. The van der Waals surface area contributed by atoms with Crippen LogP contribution in [0.25, 0.3) is 16.5 Å². The number of hydrogen-bond donors (Lipinski definition) is 0. The van der Waals surface area contributed by atoms with Crippen LogP contribution in [0.2, 0.25) is 0 Å². The van der Waals surface area contributed by atoms with Gasteiger partial charge < -0.3 is 13.7 Å². The fourth-order valence-corrected chi connectivity index (χ4v) is 3.06. The van der Waals surface area contributed by atoms with E-state index in [-0.39, 0.29) is 11.1 Å². The van der Waals surface area contributed by atoms with Gasteiger partial charge in [-0.3, -0.25) is 9.36 Å². The molecule has 0 spiro atoms. The fourth-order valence-electron chi connectivity index (χ4n) is 2.61. The van der Waals surface area contributed by atoms with Gasteiger partial charge in [0.2, 0.25) is 0 Å². The predicted octanol–water partition coefficient (Wildman–Crippen LogP) is 2.35. The maximum atomic E-state index is 13.0. The van der Waals surface area contributed by atoms with Gasteiger partial charge in [-0.15, -0.1) is 0 Å². The molecule has 7 nitrogen and oxygen atoms in total. The van der Waals surface area contributed by atoms with E-state index in [4.69, 9.17) is 13.7 Å². The molecule has 0 atom stereocenters. The Kier molecular flexibility index (Phi) is 4.60. The van der Waals surface area contributed by atoms with Crippen LogP contribution in [0.1, 0.15) is 0 Å². The van der Waals surface area contributed by atoms with E-state index in [0.29, 0.717) is 22.6 Å². The first-order valence-corrected chi connectivity index (χ1v) is 9.41. The van der Waals surface area contributed by atoms with Crippen molar-refractivity contribution in [1.29, 1.82) is 0 Å². The second-order valence-electron chi connectivity index (χ2n) is 5.57. The lowest BCUT2D eigenvalue weighted by Crippen LogP contribution is -2.19. The minimum Gasteiger partial charge on any atom is -0.497 e. The summed E-state index contributed by atoms with van der Waals surface area (Å²) in [4.78, 5) is 13.0. The minimum atomic E-state index is -3.82. The molecular formula is C18H17NO6S. The molecule has 1 aromatic heterocycles. The lowest BCUT2D eigenvalue weighted by atomic mass is 10.1. The van der Waals surface area contributed by atoms with E-state index in [1.165, 1.54) is 17.7 Å². The zero-order valence-corrected chi connectivity index (χ0v) is 15.2. The van der Waals surface area contributed by atoms with Crippen molar-refractivity contribution in [2.45, 2.75) is 0 Å². The summed E-state index contributed by atoms with van der Waals surface area (Å²) >= 11 is 0. The van der Waals surface area contributed by atoms with Gasteiger partial charge in [0, 0.05) is 18.0 Å². The largest absolute Gasteiger partial charge is 0.497 e. The zero-order chi connectivity index (χ0) is 18.9. The molecule has 0 aliphatic rings. The van der Waals surface area contributed by atoms with Crippen molar-refractivity contribution in [3.8, 4) is 22.9 Å². The van der Waals surface area contributed by atoms with E-state index in [0.717, 1.165) is 6.26 Å². The molecule has 26 heavy (non-hydrogen) atoms. The molecule has 0 fully saturated rings. The highest BCUT2D eigenvalue weighted by atomic mass is 32.2. The van der Waals surface area contributed by atoms with E-state index in [1.807, 2.05) is 0 Å². The third-order valence-corrected chi connectivity index (χ3v) is 4.25. The summed E-state index contributed by atoms with van der Waals surface area (Å²) in [5, 5.41) is 0.660. The van der Waals surface area contributed by atoms with Crippen molar-refractivity contribution in [2.75, 3.05) is 20.5 Å². The highest BCUT2D eigenvalue weighted by molar-refractivity contribution is 7.86. The number of ether oxygens (including phenoxy) is 2. The van der Waals surface area contributed by atoms with E-state index in [9.17, 15) is 13.2 Å². The lowest BCUT2D eigenvalue weighted by Gasteiger charge is -2.12. The second-order valence-corrected chi connectivity index (χ2v) is 7.14. The smallest absolute Gasteiger partial charge is 0.306 e. The molecule has 0 aliphatic carbocycles. The van der Waals surface area contributed by atoms with Crippen molar-refractivity contribution < 1.29 is 22.1 Å². The summed E-state index contributed by atoms with van der Waals surface area (Å²) in [6.07, 6.45) is 2.53. The Balaban J connectivity index is 2.26. The average Bonchev–Trinajstić information content (AvgIpc) is 2.60. The van der Waals surface area contributed by atoms with Crippen LogP contribution in [-0.2, 0) is 10.1 Å². The van der Waals surface area contributed by atoms with Gasteiger partial charge in [0.15, 0.2) is 5.75 Å². The summed E-state index contributed by atoms with van der Waals surface area (Å²) in [7, 11) is -0.814. The number of aromatic nitrogens is 1. The van der Waals surface area contributed by atoms with Gasteiger partial charge in [-0.05, 0) is 41.8 Å².